The smallest absolute Gasteiger partial charge is 0.259 e. The Bertz CT molecular complexity index is 746. The molecule has 0 saturated heterocycles. The Morgan fingerprint density at radius 2 is 2.09 bits per heavy atom. The zero-order chi connectivity index (χ0) is 16.5. The van der Waals surface area contributed by atoms with Crippen LogP contribution in [0, 0.1) is 13.8 Å². The van der Waals surface area contributed by atoms with Gasteiger partial charge in [-0.2, -0.15) is 0 Å². The number of aromatic nitrogens is 2. The number of rotatable bonds is 6. The first-order valence-electron chi connectivity index (χ1n) is 6.99. The molecule has 1 unspecified atom stereocenters. The van der Waals surface area contributed by atoms with Crippen LogP contribution in [0.4, 0.5) is 0 Å². The van der Waals surface area contributed by atoms with E-state index in [2.05, 4.69) is 9.71 Å². The first-order valence-corrected chi connectivity index (χ1v) is 8.47. The van der Waals surface area contributed by atoms with Gasteiger partial charge in [0.2, 0.25) is 0 Å². The van der Waals surface area contributed by atoms with Gasteiger partial charge in [0.25, 0.3) is 10.0 Å². The van der Waals surface area contributed by atoms with Crippen LogP contribution in [0.3, 0.4) is 0 Å². The summed E-state index contributed by atoms with van der Waals surface area (Å²) in [5.41, 5.74) is 0.577. The molecule has 0 spiro atoms. The van der Waals surface area contributed by atoms with Crippen LogP contribution in [0.5, 0.6) is 0 Å². The average molecular weight is 327 g/mol. The molecule has 1 atom stereocenters. The van der Waals surface area contributed by atoms with Gasteiger partial charge >= 0.3 is 0 Å². The molecule has 0 aliphatic rings. The van der Waals surface area contributed by atoms with Crippen molar-refractivity contribution in [3.05, 3.63) is 35.7 Å². The van der Waals surface area contributed by atoms with Crippen molar-refractivity contribution in [1.29, 1.82) is 0 Å². The van der Waals surface area contributed by atoms with Crippen molar-refractivity contribution in [2.45, 2.75) is 44.9 Å². The van der Waals surface area contributed by atoms with E-state index in [4.69, 9.17) is 4.42 Å². The molecule has 0 fully saturated rings. The molecule has 7 nitrogen and oxygen atoms in total. The molecule has 0 bridgehead atoms. The topological polar surface area (TPSA) is 97.4 Å². The number of aliphatic hydroxyl groups is 1. The lowest BCUT2D eigenvalue weighted by molar-refractivity contribution is 0.180. The Labute approximate surface area is 130 Å². The monoisotopic (exact) mass is 327 g/mol. The van der Waals surface area contributed by atoms with E-state index in [0.29, 0.717) is 17.1 Å². The predicted molar refractivity (Wildman–Crippen MR) is 80.9 cm³/mol. The maximum Gasteiger partial charge on any atom is 0.259 e. The molecule has 2 N–H and O–H groups in total. The van der Waals surface area contributed by atoms with Gasteiger partial charge in [-0.25, -0.2) is 18.1 Å². The molecule has 0 aliphatic heterocycles. The molecular formula is C14H21N3O4S. The maximum absolute atomic E-state index is 12.2. The molecule has 2 aromatic rings. The van der Waals surface area contributed by atoms with Gasteiger partial charge in [-0.15, -0.1) is 0 Å². The molecule has 0 amide bonds. The molecule has 2 rings (SSSR count). The van der Waals surface area contributed by atoms with E-state index < -0.39 is 16.1 Å². The van der Waals surface area contributed by atoms with Crippen LogP contribution >= 0.6 is 0 Å². The van der Waals surface area contributed by atoms with Gasteiger partial charge in [-0.1, -0.05) is 0 Å². The van der Waals surface area contributed by atoms with Crippen LogP contribution in [-0.4, -0.2) is 29.6 Å². The predicted octanol–water partition coefficient (Wildman–Crippen LogP) is 1.69. The van der Waals surface area contributed by atoms with Gasteiger partial charge in [0.05, 0.1) is 12.4 Å². The zero-order valence-electron chi connectivity index (χ0n) is 13.1. The molecule has 22 heavy (non-hydrogen) atoms. The van der Waals surface area contributed by atoms with Gasteiger partial charge in [0.1, 0.15) is 11.5 Å². The highest BCUT2D eigenvalue weighted by molar-refractivity contribution is 7.89. The number of furan rings is 1. The second kappa shape index (κ2) is 6.23. The third-order valence-corrected chi connectivity index (χ3v) is 4.66. The first kappa shape index (κ1) is 16.7. The van der Waals surface area contributed by atoms with Crippen molar-refractivity contribution in [3.8, 4) is 0 Å². The molecular weight excluding hydrogens is 306 g/mol. The van der Waals surface area contributed by atoms with Crippen LogP contribution in [0.2, 0.25) is 0 Å². The molecule has 122 valence electrons. The fraction of sp³-hybridized carbons (Fsp3) is 0.500. The van der Waals surface area contributed by atoms with Crippen molar-refractivity contribution >= 4 is 10.0 Å². The molecule has 2 heterocycles. The fourth-order valence-electron chi connectivity index (χ4n) is 2.09. The van der Waals surface area contributed by atoms with Crippen LogP contribution in [0.15, 0.2) is 28.0 Å². The quantitative estimate of drug-likeness (QED) is 0.841. The zero-order valence-corrected chi connectivity index (χ0v) is 13.9. The highest BCUT2D eigenvalue weighted by Crippen LogP contribution is 2.21. The number of hydrogen-bond donors (Lipinski definition) is 2. The summed E-state index contributed by atoms with van der Waals surface area (Å²) in [6, 6.07) is 1.82. The van der Waals surface area contributed by atoms with Crippen LogP contribution in [0.1, 0.15) is 43.1 Å². The van der Waals surface area contributed by atoms with E-state index in [1.807, 2.05) is 13.8 Å². The van der Waals surface area contributed by atoms with Gasteiger partial charge in [-0.3, -0.25) is 0 Å². The van der Waals surface area contributed by atoms with Crippen molar-refractivity contribution < 1.29 is 17.9 Å². The van der Waals surface area contributed by atoms with E-state index in [9.17, 15) is 13.5 Å². The summed E-state index contributed by atoms with van der Waals surface area (Å²) in [5.74, 6) is 1.25. The SMILES string of the molecule is Cc1cc(C(O)CNS(=O)(=O)c2cn(C(C)C)cn2)c(C)o1. The second-order valence-corrected chi connectivity index (χ2v) is 7.20. The highest BCUT2D eigenvalue weighted by atomic mass is 32.2. The van der Waals surface area contributed by atoms with Crippen molar-refractivity contribution in [3.63, 3.8) is 0 Å². The summed E-state index contributed by atoms with van der Waals surface area (Å²) >= 11 is 0. The maximum atomic E-state index is 12.2. The Balaban J connectivity index is 2.07. The lowest BCUT2D eigenvalue weighted by Gasteiger charge is -2.10. The standard InChI is InChI=1S/C14H21N3O4S/c1-9(2)17-7-14(15-8-17)22(19,20)16-6-13(18)12-5-10(3)21-11(12)4/h5,7-9,13,16,18H,6H2,1-4H3. The number of aliphatic hydroxyl groups excluding tert-OH is 1. The van der Waals surface area contributed by atoms with Crippen molar-refractivity contribution in [2.75, 3.05) is 6.54 Å². The van der Waals surface area contributed by atoms with Gasteiger partial charge in [-0.05, 0) is 33.8 Å². The Morgan fingerprint density at radius 1 is 1.41 bits per heavy atom. The molecule has 0 radical (unpaired) electrons. The summed E-state index contributed by atoms with van der Waals surface area (Å²) in [5, 5.41) is 10.0. The Hall–Kier alpha value is -1.64. The number of sulfonamides is 1. The number of imidazole rings is 1. The highest BCUT2D eigenvalue weighted by Gasteiger charge is 2.21. The molecule has 0 aromatic carbocycles. The van der Waals surface area contributed by atoms with E-state index in [1.54, 1.807) is 24.5 Å². The lowest BCUT2D eigenvalue weighted by Crippen LogP contribution is -2.29. The molecule has 0 saturated carbocycles. The van der Waals surface area contributed by atoms with Gasteiger partial charge in [0.15, 0.2) is 5.03 Å². The number of nitrogens with zero attached hydrogens (tertiary/aromatic N) is 2. The first-order chi connectivity index (χ1) is 10.2. The summed E-state index contributed by atoms with van der Waals surface area (Å²) in [7, 11) is -3.75. The normalized spacial score (nSPS) is 13.7. The summed E-state index contributed by atoms with van der Waals surface area (Å²) in [4.78, 5) is 3.89. The second-order valence-electron chi connectivity index (χ2n) is 5.49. The van der Waals surface area contributed by atoms with E-state index in [-0.39, 0.29) is 17.6 Å². The van der Waals surface area contributed by atoms with Crippen molar-refractivity contribution in [1.82, 2.24) is 14.3 Å². The molecule has 2 aromatic heterocycles. The molecule has 0 aliphatic carbocycles. The number of aryl methyl sites for hydroxylation is 2. The third-order valence-electron chi connectivity index (χ3n) is 3.35. The molecule has 8 heteroatoms. The Morgan fingerprint density at radius 3 is 2.59 bits per heavy atom. The van der Waals surface area contributed by atoms with Crippen LogP contribution in [-0.2, 0) is 10.0 Å². The summed E-state index contributed by atoms with van der Waals surface area (Å²) in [6.45, 7) is 7.21. The minimum Gasteiger partial charge on any atom is -0.466 e. The van der Waals surface area contributed by atoms with Gasteiger partial charge < -0.3 is 14.1 Å². The fourth-order valence-corrected chi connectivity index (χ4v) is 3.06. The summed E-state index contributed by atoms with van der Waals surface area (Å²) in [6.07, 6.45) is 1.96. The van der Waals surface area contributed by atoms with E-state index in [1.165, 1.54) is 12.5 Å². The lowest BCUT2D eigenvalue weighted by atomic mass is 10.1. The van der Waals surface area contributed by atoms with Crippen LogP contribution in [0.25, 0.3) is 0 Å². The third kappa shape index (κ3) is 3.57. The minimum atomic E-state index is -3.75. The summed E-state index contributed by atoms with van der Waals surface area (Å²) < 4.78 is 33.7. The average Bonchev–Trinajstić information content (AvgIpc) is 3.03. The van der Waals surface area contributed by atoms with E-state index >= 15 is 0 Å². The van der Waals surface area contributed by atoms with Gasteiger partial charge in [0, 0.05) is 24.3 Å². The minimum absolute atomic E-state index is 0.0616. The van der Waals surface area contributed by atoms with E-state index in [0.717, 1.165) is 0 Å². The Kier molecular flexibility index (Phi) is 4.74. The largest absolute Gasteiger partial charge is 0.466 e. The van der Waals surface area contributed by atoms with Crippen molar-refractivity contribution in [2.24, 2.45) is 0 Å². The number of hydrogen-bond acceptors (Lipinski definition) is 5. The number of nitrogens with one attached hydrogen (secondary N) is 1. The van der Waals surface area contributed by atoms with Crippen LogP contribution < -0.4 is 4.72 Å².